The highest BCUT2D eigenvalue weighted by Gasteiger charge is 2.00. The van der Waals surface area contributed by atoms with E-state index in [2.05, 4.69) is 63.6 Å². The Balaban J connectivity index is -0.000000991. The molecule has 15 heteroatoms. The maximum Gasteiger partial charge on any atom is 0.466 e. The summed E-state index contributed by atoms with van der Waals surface area (Å²) in [6.07, 6.45) is 58.8. The van der Waals surface area contributed by atoms with Crippen LogP contribution in [0, 0.1) is 0 Å². The fraction of sp³-hybridized carbons (Fsp3) is 0.826. The minimum atomic E-state index is -4.64. The normalized spacial score (nSPS) is 11.7. The summed E-state index contributed by atoms with van der Waals surface area (Å²) < 4.78 is 8.88. The fourth-order valence-electron chi connectivity index (χ4n) is 6.12. The molecule has 0 amide bonds. The van der Waals surface area contributed by atoms with Crippen LogP contribution in [0.25, 0.3) is 0 Å². The molecule has 0 rings (SSSR count). The first-order chi connectivity index (χ1) is 29.8. The SMILES string of the molecule is CC=COOOOOC=CCCCCCCCCCCCCCCCCCC.CC=COOOOOC=CCCCCCCCCCCCCCCCCCC.O=P(O)(O)O. The Labute approximate surface area is 371 Å². The van der Waals surface area contributed by atoms with Crippen LogP contribution in [0.15, 0.2) is 49.4 Å². The lowest BCUT2D eigenvalue weighted by Gasteiger charge is -2.03. The topological polar surface area (TPSA) is 170 Å². The molecule has 0 aromatic rings. The Morgan fingerprint density at radius 2 is 0.525 bits per heavy atom. The van der Waals surface area contributed by atoms with E-state index in [9.17, 15) is 0 Å². The quantitative estimate of drug-likeness (QED) is 0.0173. The first kappa shape index (κ1) is 63.3. The second kappa shape index (κ2) is 60.1. The molecule has 0 aliphatic heterocycles. The Kier molecular flexibility index (Phi) is 62.4. The molecule has 14 nitrogen and oxygen atoms in total. The zero-order valence-electron chi connectivity index (χ0n) is 38.9. The smallest absolute Gasteiger partial charge is 0.314 e. The summed E-state index contributed by atoms with van der Waals surface area (Å²) in [6, 6.07) is 0. The molecule has 0 saturated heterocycles. The lowest BCUT2D eigenvalue weighted by atomic mass is 10.0. The zero-order valence-corrected chi connectivity index (χ0v) is 39.8. The highest BCUT2D eigenvalue weighted by Crippen LogP contribution is 2.26. The van der Waals surface area contributed by atoms with Crippen LogP contribution in [0.1, 0.15) is 246 Å². The monoisotopic (exact) mass is 899 g/mol. The second-order valence-corrected chi connectivity index (χ2v) is 16.2. The van der Waals surface area contributed by atoms with Crippen LogP contribution in [-0.2, 0) is 54.3 Å². The van der Waals surface area contributed by atoms with Gasteiger partial charge in [-0.1, -0.05) is 206 Å². The molecule has 0 spiro atoms. The standard InChI is InChI=1S/2C23H44O5.H3O4P/c2*1-3-5-6-7-8-9-10-11-12-13-14-15-16-17-18-19-20-21-23-25-27-28-26-24-22-4-2;1-5(2,3)4/h2*4,21-23H,3,5-20H2,1-2H3;(H3,1,2,3,4). The van der Waals surface area contributed by atoms with Crippen molar-refractivity contribution in [3.8, 4) is 0 Å². The number of hydrogen-bond acceptors (Lipinski definition) is 11. The average molecular weight is 899 g/mol. The van der Waals surface area contributed by atoms with Crippen LogP contribution in [0.2, 0.25) is 0 Å². The maximum absolute atomic E-state index is 8.88. The third kappa shape index (κ3) is 79.0. The lowest BCUT2D eigenvalue weighted by Crippen LogP contribution is -1.93. The highest BCUT2D eigenvalue weighted by atomic mass is 31.2. The van der Waals surface area contributed by atoms with Gasteiger partial charge in [-0.05, 0) is 63.8 Å². The van der Waals surface area contributed by atoms with Gasteiger partial charge in [-0.2, -0.15) is 0 Å². The van der Waals surface area contributed by atoms with Gasteiger partial charge < -0.3 is 34.2 Å². The predicted octanol–water partition coefficient (Wildman–Crippen LogP) is 15.9. The van der Waals surface area contributed by atoms with Crippen molar-refractivity contribution in [2.24, 2.45) is 0 Å². The zero-order chi connectivity index (χ0) is 45.3. The molecule has 61 heavy (non-hydrogen) atoms. The summed E-state index contributed by atoms with van der Waals surface area (Å²) in [5.74, 6) is 0. The number of rotatable bonds is 46. The lowest BCUT2D eigenvalue weighted by molar-refractivity contribution is -0.692. The van der Waals surface area contributed by atoms with E-state index in [0.29, 0.717) is 0 Å². The first-order valence-electron chi connectivity index (χ1n) is 23.8. The summed E-state index contributed by atoms with van der Waals surface area (Å²) in [5.41, 5.74) is 0. The van der Waals surface area contributed by atoms with Crippen molar-refractivity contribution < 1.29 is 69.0 Å². The molecule has 0 aromatic carbocycles. The molecule has 0 saturated carbocycles. The van der Waals surface area contributed by atoms with Crippen molar-refractivity contribution >= 4 is 7.82 Å². The van der Waals surface area contributed by atoms with E-state index in [0.717, 1.165) is 12.8 Å². The molecule has 0 atom stereocenters. The van der Waals surface area contributed by atoms with E-state index < -0.39 is 7.82 Å². The molecule has 0 fully saturated rings. The summed E-state index contributed by atoms with van der Waals surface area (Å²) in [7, 11) is -4.64. The van der Waals surface area contributed by atoms with Crippen LogP contribution in [0.4, 0.5) is 0 Å². The van der Waals surface area contributed by atoms with Gasteiger partial charge in [0.05, 0.1) is 0 Å². The van der Waals surface area contributed by atoms with Gasteiger partial charge >= 0.3 is 7.82 Å². The van der Waals surface area contributed by atoms with Crippen molar-refractivity contribution in [2.75, 3.05) is 0 Å². The predicted molar refractivity (Wildman–Crippen MR) is 241 cm³/mol. The van der Waals surface area contributed by atoms with Crippen molar-refractivity contribution in [1.29, 1.82) is 0 Å². The molecule has 0 aromatic heterocycles. The Hall–Kier alpha value is -1.97. The summed E-state index contributed by atoms with van der Waals surface area (Å²) >= 11 is 0. The minimum absolute atomic E-state index is 0.970. The van der Waals surface area contributed by atoms with Crippen molar-refractivity contribution in [3.05, 3.63) is 49.4 Å². The summed E-state index contributed by atoms with van der Waals surface area (Å²) in [5, 5.41) is 25.0. The van der Waals surface area contributed by atoms with Crippen molar-refractivity contribution in [2.45, 2.75) is 246 Å². The van der Waals surface area contributed by atoms with Crippen LogP contribution in [-0.4, -0.2) is 14.7 Å². The molecule has 0 unspecified atom stereocenters. The number of allylic oxidation sites excluding steroid dienone is 4. The molecule has 3 N–H and O–H groups in total. The van der Waals surface area contributed by atoms with Crippen molar-refractivity contribution in [3.63, 3.8) is 0 Å². The third-order valence-corrected chi connectivity index (χ3v) is 9.40. The fourth-order valence-corrected chi connectivity index (χ4v) is 6.12. The van der Waals surface area contributed by atoms with Crippen LogP contribution in [0.5, 0.6) is 0 Å². The van der Waals surface area contributed by atoms with Gasteiger partial charge in [0.15, 0.2) is 0 Å². The maximum atomic E-state index is 8.88. The number of phosphoric acid groups is 1. The van der Waals surface area contributed by atoms with Crippen LogP contribution < -0.4 is 0 Å². The van der Waals surface area contributed by atoms with Gasteiger partial charge in [0.1, 0.15) is 25.0 Å². The van der Waals surface area contributed by atoms with Gasteiger partial charge in [-0.3, -0.25) is 0 Å². The Morgan fingerprint density at radius 3 is 0.738 bits per heavy atom. The number of hydrogen-bond donors (Lipinski definition) is 3. The van der Waals surface area contributed by atoms with E-state index in [1.54, 1.807) is 26.0 Å². The average Bonchev–Trinajstić information content (AvgIpc) is 3.23. The summed E-state index contributed by atoms with van der Waals surface area (Å²) in [6.45, 7) is 8.12. The van der Waals surface area contributed by atoms with E-state index in [-0.39, 0.29) is 0 Å². The first-order valence-corrected chi connectivity index (χ1v) is 25.3. The van der Waals surface area contributed by atoms with Crippen LogP contribution >= 0.6 is 7.82 Å². The van der Waals surface area contributed by atoms with E-state index in [1.807, 2.05) is 12.2 Å². The summed E-state index contributed by atoms with van der Waals surface area (Å²) in [4.78, 5) is 39.6. The minimum Gasteiger partial charge on any atom is -0.314 e. The Bertz CT molecular complexity index is 873. The van der Waals surface area contributed by atoms with Gasteiger partial charge in [0.2, 0.25) is 0 Å². The van der Waals surface area contributed by atoms with E-state index >= 15 is 0 Å². The van der Waals surface area contributed by atoms with Gasteiger partial charge in [-0.25, -0.2) is 4.57 Å². The van der Waals surface area contributed by atoms with E-state index in [1.165, 1.54) is 231 Å². The molecule has 0 aliphatic rings. The molecular formula is C46H91O14P. The molecule has 0 heterocycles. The highest BCUT2D eigenvalue weighted by molar-refractivity contribution is 7.45. The van der Waals surface area contributed by atoms with Crippen LogP contribution in [0.3, 0.4) is 0 Å². The number of unbranched alkanes of at least 4 members (excludes halogenated alkanes) is 32. The van der Waals surface area contributed by atoms with Gasteiger partial charge in [-0.15, -0.1) is 0 Å². The molecule has 364 valence electrons. The molecular weight excluding hydrogens is 807 g/mol. The third-order valence-electron chi connectivity index (χ3n) is 9.40. The van der Waals surface area contributed by atoms with Gasteiger partial charge in [0, 0.05) is 30.2 Å². The molecule has 0 aliphatic carbocycles. The second-order valence-electron chi connectivity index (χ2n) is 15.2. The van der Waals surface area contributed by atoms with Gasteiger partial charge in [0.25, 0.3) is 0 Å². The van der Waals surface area contributed by atoms with Crippen molar-refractivity contribution in [1.82, 2.24) is 0 Å². The molecule has 0 radical (unpaired) electrons. The largest absolute Gasteiger partial charge is 0.466 e. The molecule has 0 bridgehead atoms. The Morgan fingerprint density at radius 1 is 0.328 bits per heavy atom. The van der Waals surface area contributed by atoms with E-state index in [4.69, 9.17) is 19.2 Å².